The van der Waals surface area contributed by atoms with Gasteiger partial charge in [0.25, 0.3) is 0 Å². The third kappa shape index (κ3) is 17.0. The fourth-order valence-electron chi connectivity index (χ4n) is 1.41. The van der Waals surface area contributed by atoms with Crippen LogP contribution >= 0.6 is 15.2 Å². The molecule has 0 aromatic rings. The van der Waals surface area contributed by atoms with E-state index in [2.05, 4.69) is 13.2 Å². The first-order valence-electron chi connectivity index (χ1n) is 10.1. The van der Waals surface area contributed by atoms with Crippen molar-refractivity contribution < 1.29 is 105 Å². The zero-order valence-electron chi connectivity index (χ0n) is 21.4. The van der Waals surface area contributed by atoms with Gasteiger partial charge in [-0.2, -0.15) is 64.8 Å². The monoisotopic (exact) mass is 750 g/mol. The lowest BCUT2D eigenvalue weighted by Crippen LogP contribution is -2.34. The second-order valence-corrected chi connectivity index (χ2v) is 15.0. The van der Waals surface area contributed by atoms with Crippen LogP contribution in [0, 0.1) is 0 Å². The number of aliphatic hydroxyl groups excluding tert-OH is 1. The number of rotatable bonds is 14. The van der Waals surface area contributed by atoms with Crippen molar-refractivity contribution in [3.05, 3.63) is 0 Å². The Morgan fingerprint density at radius 2 is 0.810 bits per heavy atom. The van der Waals surface area contributed by atoms with Gasteiger partial charge in [0, 0.05) is 0 Å². The lowest BCUT2D eigenvalue weighted by Gasteiger charge is -2.17. The zero-order chi connectivity index (χ0) is 34.5. The molecule has 0 rings (SSSR count). The van der Waals surface area contributed by atoms with Gasteiger partial charge in [-0.25, -0.2) is 0 Å². The van der Waals surface area contributed by atoms with E-state index in [1.807, 2.05) is 3.63 Å². The van der Waals surface area contributed by atoms with E-state index < -0.39 is 74.8 Å². The molecule has 0 amide bonds. The molecule has 0 fully saturated rings. The van der Waals surface area contributed by atoms with Crippen molar-refractivity contribution in [2.75, 3.05) is 39.1 Å². The average Bonchev–Trinajstić information content (AvgIpc) is 2.76. The molecule has 1 N–H and O–H groups in total. The van der Waals surface area contributed by atoms with E-state index >= 15 is 0 Å². The van der Waals surface area contributed by atoms with Crippen molar-refractivity contribution >= 4 is 45.5 Å². The van der Waals surface area contributed by atoms with Gasteiger partial charge in [-0.05, 0) is 27.7 Å². The van der Waals surface area contributed by atoms with Gasteiger partial charge in [0.05, 0.1) is 26.4 Å². The minimum absolute atomic E-state index is 0.118. The van der Waals surface area contributed by atoms with Crippen LogP contribution in [-0.4, -0.2) is 86.0 Å². The fourth-order valence-corrected chi connectivity index (χ4v) is 6.21. The molecule has 0 spiro atoms. The zero-order valence-corrected chi connectivity index (χ0v) is 25.7. The fraction of sp³-hybridized carbons (Fsp3) is 1.00. The first-order chi connectivity index (χ1) is 18.5. The van der Waals surface area contributed by atoms with Crippen LogP contribution in [0.1, 0.15) is 27.7 Å². The summed E-state index contributed by atoms with van der Waals surface area (Å²) >= 11 is 0. The lowest BCUT2D eigenvalue weighted by atomic mass is 10.9. The molecule has 15 nitrogen and oxygen atoms in total. The molecule has 0 aliphatic rings. The molecule has 0 saturated heterocycles. The third-order valence-corrected chi connectivity index (χ3v) is 10.0. The van der Waals surface area contributed by atoms with E-state index in [4.69, 9.17) is 14.2 Å². The minimum Gasteiger partial charge on any atom is -0.384 e. The smallest absolute Gasteiger partial charge is 0.384 e. The molecular formula is C13H25F9O15P2S3. The van der Waals surface area contributed by atoms with E-state index in [9.17, 15) is 73.9 Å². The third-order valence-electron chi connectivity index (χ3n) is 2.87. The highest BCUT2D eigenvalue weighted by molar-refractivity contribution is 8.00. The average molecular weight is 750 g/mol. The number of alkyl halides is 9. The Morgan fingerprint density at radius 1 is 0.548 bits per heavy atom. The molecule has 258 valence electrons. The van der Waals surface area contributed by atoms with Crippen LogP contribution in [0.15, 0.2) is 0 Å². The summed E-state index contributed by atoms with van der Waals surface area (Å²) in [5.74, 6) is 0. The van der Waals surface area contributed by atoms with Crippen molar-refractivity contribution in [3.8, 4) is 0 Å². The summed E-state index contributed by atoms with van der Waals surface area (Å²) in [6.07, 6.45) is -1.86. The molecule has 0 heterocycles. The highest BCUT2D eigenvalue weighted by Gasteiger charge is 2.57. The topological polar surface area (TPSA) is 212 Å². The highest BCUT2D eigenvalue weighted by Crippen LogP contribution is 2.49. The van der Waals surface area contributed by atoms with Gasteiger partial charge in [0.2, 0.25) is 0 Å². The SMILES string of the molecule is CCOP(=O)(CO)OCC.CCOP(=O)(COS(=O)(=O)C(F)(F)F)OCC.O=S(=O)(OS(=O)(=O)C(F)(F)F)C(F)(F)F. The number of hydrogen-bond donors (Lipinski definition) is 1. The Bertz CT molecular complexity index is 1150. The first kappa shape index (κ1) is 45.8. The number of hydrogen-bond acceptors (Lipinski definition) is 15. The van der Waals surface area contributed by atoms with Crippen LogP contribution in [0.2, 0.25) is 0 Å². The van der Waals surface area contributed by atoms with Gasteiger partial charge in [-0.3, -0.25) is 13.3 Å². The summed E-state index contributed by atoms with van der Waals surface area (Å²) in [5.41, 5.74) is -18.1. The van der Waals surface area contributed by atoms with Gasteiger partial charge in [-0.1, -0.05) is 0 Å². The second kappa shape index (κ2) is 17.8. The van der Waals surface area contributed by atoms with Crippen molar-refractivity contribution in [2.45, 2.75) is 44.2 Å². The van der Waals surface area contributed by atoms with Crippen LogP contribution in [0.4, 0.5) is 39.5 Å². The summed E-state index contributed by atoms with van der Waals surface area (Å²) < 4.78 is 212. The quantitative estimate of drug-likeness (QED) is 0.115. The first-order valence-corrected chi connectivity index (χ1v) is 17.8. The number of halogens is 9. The molecule has 0 unspecified atom stereocenters. The largest absolute Gasteiger partial charge is 0.524 e. The normalized spacial score (nSPS) is 14.0. The molecule has 0 radical (unpaired) electrons. The molecule has 0 atom stereocenters. The number of aliphatic hydroxyl groups is 1. The molecule has 29 heteroatoms. The van der Waals surface area contributed by atoms with Gasteiger partial charge >= 0.3 is 62.1 Å². The summed E-state index contributed by atoms with van der Waals surface area (Å²) in [7, 11) is -26.6. The van der Waals surface area contributed by atoms with Gasteiger partial charge in [0.1, 0.15) is 6.35 Å². The van der Waals surface area contributed by atoms with Gasteiger partial charge < -0.3 is 23.2 Å². The maximum atomic E-state index is 11.9. The van der Waals surface area contributed by atoms with E-state index in [1.165, 1.54) is 13.8 Å². The van der Waals surface area contributed by atoms with Crippen LogP contribution in [0.25, 0.3) is 0 Å². The molecule has 0 bridgehead atoms. The molecular weight excluding hydrogens is 725 g/mol. The molecule has 0 aromatic heterocycles. The highest BCUT2D eigenvalue weighted by atomic mass is 32.3. The van der Waals surface area contributed by atoms with Crippen LogP contribution in [0.3, 0.4) is 0 Å². The van der Waals surface area contributed by atoms with Crippen molar-refractivity contribution in [3.63, 3.8) is 0 Å². The Labute approximate surface area is 234 Å². The Kier molecular flexibility index (Phi) is 19.4. The summed E-state index contributed by atoms with van der Waals surface area (Å²) in [6, 6.07) is 0. The van der Waals surface area contributed by atoms with Gasteiger partial charge in [-0.15, -0.1) is 3.63 Å². The molecule has 0 aromatic carbocycles. The van der Waals surface area contributed by atoms with Crippen molar-refractivity contribution in [1.29, 1.82) is 0 Å². The summed E-state index contributed by atoms with van der Waals surface area (Å²) in [5, 5.41) is 8.53. The Balaban J connectivity index is -0.000000562. The van der Waals surface area contributed by atoms with Crippen molar-refractivity contribution in [2.24, 2.45) is 0 Å². The lowest BCUT2D eigenvalue weighted by molar-refractivity contribution is -0.0586. The Hall–Kier alpha value is -0.600. The summed E-state index contributed by atoms with van der Waals surface area (Å²) in [6.45, 7) is 6.57. The van der Waals surface area contributed by atoms with Crippen LogP contribution in [-0.2, 0) is 65.4 Å². The van der Waals surface area contributed by atoms with E-state index in [-0.39, 0.29) is 26.4 Å². The van der Waals surface area contributed by atoms with E-state index in [0.29, 0.717) is 0 Å². The molecule has 42 heavy (non-hydrogen) atoms. The van der Waals surface area contributed by atoms with Crippen LogP contribution < -0.4 is 0 Å². The van der Waals surface area contributed by atoms with Crippen LogP contribution in [0.5, 0.6) is 0 Å². The predicted molar refractivity (Wildman–Crippen MR) is 121 cm³/mol. The van der Waals surface area contributed by atoms with Gasteiger partial charge in [0.15, 0.2) is 6.35 Å². The standard InChI is InChI=1S/C6H12F3O6PS.C5H13O4P.C2F6O5S2/c1-3-13-16(10,14-4-2)5-15-17(11,12)6(7,8)9;1-3-8-10(7,5-6)9-4-2;3-1(4,5)14(9,10)13-15(11,12)2(6,7)8/h3-5H2,1-2H3;6H,3-5H2,1-2H3;. The molecule has 0 aliphatic carbocycles. The maximum Gasteiger partial charge on any atom is 0.524 e. The van der Waals surface area contributed by atoms with Crippen molar-refractivity contribution in [1.82, 2.24) is 0 Å². The molecule has 0 saturated carbocycles. The second-order valence-electron chi connectivity index (χ2n) is 6.05. The van der Waals surface area contributed by atoms with E-state index in [1.54, 1.807) is 13.8 Å². The van der Waals surface area contributed by atoms with E-state index in [0.717, 1.165) is 0 Å². The maximum absolute atomic E-state index is 11.9. The Morgan fingerprint density at radius 3 is 1.02 bits per heavy atom. The predicted octanol–water partition coefficient (Wildman–Crippen LogP) is 3.98. The minimum atomic E-state index is -6.85. The summed E-state index contributed by atoms with van der Waals surface area (Å²) in [4.78, 5) is 0. The molecule has 0 aliphatic heterocycles.